The molecule has 0 aliphatic carbocycles. The molecule has 0 radical (unpaired) electrons. The zero-order chi connectivity index (χ0) is 12.7. The van der Waals surface area contributed by atoms with Crippen molar-refractivity contribution in [2.75, 3.05) is 17.7 Å². The van der Waals surface area contributed by atoms with Gasteiger partial charge in [-0.1, -0.05) is 0 Å². The van der Waals surface area contributed by atoms with E-state index in [-0.39, 0.29) is 5.91 Å². The van der Waals surface area contributed by atoms with Crippen LogP contribution in [0.4, 0.5) is 11.5 Å². The zero-order valence-corrected chi connectivity index (χ0v) is 10.8. The molecule has 0 unspecified atom stereocenters. The highest BCUT2D eigenvalue weighted by Gasteiger charge is 2.21. The lowest BCUT2D eigenvalue weighted by Crippen LogP contribution is -2.30. The van der Waals surface area contributed by atoms with Crippen molar-refractivity contribution >= 4 is 28.7 Å². The van der Waals surface area contributed by atoms with Gasteiger partial charge in [0.05, 0.1) is 0 Å². The summed E-state index contributed by atoms with van der Waals surface area (Å²) < 4.78 is 0. The Balaban J connectivity index is 2.04. The largest absolute Gasteiger partial charge is 0.383 e. The number of aryl methyl sites for hydroxylation is 1. The van der Waals surface area contributed by atoms with E-state index in [0.29, 0.717) is 12.2 Å². The number of carbonyl (C=O) groups is 1. The average Bonchev–Trinajstić information content (AvgIpc) is 2.80. The minimum Gasteiger partial charge on any atom is -0.383 e. The van der Waals surface area contributed by atoms with Crippen LogP contribution in [0.5, 0.6) is 0 Å². The molecule has 2 heterocycles. The number of benzene rings is 1. The molecule has 1 aromatic heterocycles. The molecule has 1 aliphatic heterocycles. The number of nitrogen functional groups attached to an aromatic ring is 1. The van der Waals surface area contributed by atoms with E-state index in [0.717, 1.165) is 22.7 Å². The van der Waals surface area contributed by atoms with Crippen LogP contribution in [0.25, 0.3) is 10.6 Å². The molecule has 0 spiro atoms. The molecule has 0 saturated carbocycles. The van der Waals surface area contributed by atoms with Crippen LogP contribution in [0.15, 0.2) is 23.6 Å². The van der Waals surface area contributed by atoms with Gasteiger partial charge in [-0.05, 0) is 30.2 Å². The molecule has 4 nitrogen and oxygen atoms in total. The molecule has 1 aliphatic rings. The van der Waals surface area contributed by atoms with E-state index in [9.17, 15) is 4.79 Å². The second-order valence-electron chi connectivity index (χ2n) is 4.37. The Morgan fingerprint density at radius 2 is 2.22 bits per heavy atom. The summed E-state index contributed by atoms with van der Waals surface area (Å²) in [5.41, 5.74) is 8.91. The topological polar surface area (TPSA) is 59.2 Å². The van der Waals surface area contributed by atoms with Crippen LogP contribution in [0.1, 0.15) is 12.0 Å². The van der Waals surface area contributed by atoms with Gasteiger partial charge in [-0.3, -0.25) is 4.79 Å². The van der Waals surface area contributed by atoms with Crippen molar-refractivity contribution in [2.24, 2.45) is 0 Å². The van der Waals surface area contributed by atoms with Crippen LogP contribution in [0.2, 0.25) is 0 Å². The number of rotatable bonds is 1. The van der Waals surface area contributed by atoms with Crippen molar-refractivity contribution in [3.05, 3.63) is 29.1 Å². The van der Waals surface area contributed by atoms with Gasteiger partial charge in [0.15, 0.2) is 0 Å². The fourth-order valence-electron chi connectivity index (χ4n) is 2.21. The Morgan fingerprint density at radius 3 is 2.94 bits per heavy atom. The minimum absolute atomic E-state index is 0.175. The number of nitrogens with two attached hydrogens (primary N) is 1. The summed E-state index contributed by atoms with van der Waals surface area (Å²) in [7, 11) is 1.82. The van der Waals surface area contributed by atoms with E-state index in [2.05, 4.69) is 11.1 Å². The first kappa shape index (κ1) is 11.2. The molecule has 92 valence electrons. The van der Waals surface area contributed by atoms with Crippen molar-refractivity contribution in [2.45, 2.75) is 12.8 Å². The first-order valence-electron chi connectivity index (χ1n) is 5.76. The third kappa shape index (κ3) is 1.76. The van der Waals surface area contributed by atoms with Gasteiger partial charge in [0, 0.05) is 30.1 Å². The van der Waals surface area contributed by atoms with Crippen LogP contribution < -0.4 is 10.6 Å². The molecule has 0 fully saturated rings. The first-order chi connectivity index (χ1) is 8.65. The van der Waals surface area contributed by atoms with Gasteiger partial charge >= 0.3 is 0 Å². The molecule has 5 heteroatoms. The number of amides is 1. The molecule has 0 bridgehead atoms. The Bertz CT molecular complexity index is 620. The van der Waals surface area contributed by atoms with Crippen LogP contribution in [0, 0.1) is 0 Å². The Labute approximate surface area is 109 Å². The lowest BCUT2D eigenvalue weighted by Gasteiger charge is -2.25. The monoisotopic (exact) mass is 259 g/mol. The number of carbonyl (C=O) groups excluding carboxylic acids is 1. The number of hydrogen-bond acceptors (Lipinski definition) is 4. The number of aromatic nitrogens is 1. The van der Waals surface area contributed by atoms with E-state index < -0.39 is 0 Å². The predicted octanol–water partition coefficient (Wildman–Crippen LogP) is 2.30. The number of hydrogen-bond donors (Lipinski definition) is 1. The molecule has 0 saturated heterocycles. The highest BCUT2D eigenvalue weighted by molar-refractivity contribution is 7.13. The van der Waals surface area contributed by atoms with Crippen molar-refractivity contribution in [3.63, 3.8) is 0 Å². The summed E-state index contributed by atoms with van der Waals surface area (Å²) in [6, 6.07) is 6.09. The van der Waals surface area contributed by atoms with E-state index in [1.54, 1.807) is 4.90 Å². The number of anilines is 2. The van der Waals surface area contributed by atoms with E-state index in [1.165, 1.54) is 16.9 Å². The van der Waals surface area contributed by atoms with Gasteiger partial charge in [-0.2, -0.15) is 0 Å². The van der Waals surface area contributed by atoms with E-state index in [4.69, 9.17) is 5.73 Å². The van der Waals surface area contributed by atoms with Gasteiger partial charge in [0.1, 0.15) is 10.8 Å². The van der Waals surface area contributed by atoms with E-state index >= 15 is 0 Å². The van der Waals surface area contributed by atoms with Gasteiger partial charge in [0.2, 0.25) is 5.91 Å². The number of nitrogens with zero attached hydrogens (tertiary/aromatic N) is 2. The maximum Gasteiger partial charge on any atom is 0.227 e. The molecule has 2 N–H and O–H groups in total. The standard InChI is InChI=1S/C13H13N3OS/c1-16-10-4-2-9(13-15-11(14)7-18-13)6-8(10)3-5-12(16)17/h2,4,6-7H,3,5,14H2,1H3. The summed E-state index contributed by atoms with van der Waals surface area (Å²) in [5, 5.41) is 2.76. The third-order valence-corrected chi connectivity index (χ3v) is 4.10. The van der Waals surface area contributed by atoms with Gasteiger partial charge in [0.25, 0.3) is 0 Å². The Morgan fingerprint density at radius 1 is 1.39 bits per heavy atom. The number of fused-ring (bicyclic) bond motifs is 1. The van der Waals surface area contributed by atoms with Crippen molar-refractivity contribution < 1.29 is 4.79 Å². The van der Waals surface area contributed by atoms with Gasteiger partial charge in [-0.25, -0.2) is 4.98 Å². The normalized spacial score (nSPS) is 14.7. The van der Waals surface area contributed by atoms with Crippen molar-refractivity contribution in [1.29, 1.82) is 0 Å². The summed E-state index contributed by atoms with van der Waals surface area (Å²) in [5.74, 6) is 0.730. The highest BCUT2D eigenvalue weighted by Crippen LogP contribution is 2.32. The lowest BCUT2D eigenvalue weighted by molar-refractivity contribution is -0.118. The predicted molar refractivity (Wildman–Crippen MR) is 73.7 cm³/mol. The second-order valence-corrected chi connectivity index (χ2v) is 5.23. The van der Waals surface area contributed by atoms with Crippen LogP contribution in [-0.4, -0.2) is 17.9 Å². The van der Waals surface area contributed by atoms with Crippen LogP contribution in [-0.2, 0) is 11.2 Å². The Kier molecular flexibility index (Phi) is 2.56. The first-order valence-corrected chi connectivity index (χ1v) is 6.64. The quantitative estimate of drug-likeness (QED) is 0.855. The molecule has 3 rings (SSSR count). The summed E-state index contributed by atoms with van der Waals surface area (Å²) >= 11 is 1.54. The third-order valence-electron chi connectivity index (χ3n) is 3.19. The smallest absolute Gasteiger partial charge is 0.227 e. The number of thiazole rings is 1. The molecule has 1 amide bonds. The minimum atomic E-state index is 0.175. The average molecular weight is 259 g/mol. The molecule has 18 heavy (non-hydrogen) atoms. The fourth-order valence-corrected chi connectivity index (χ4v) is 2.91. The highest BCUT2D eigenvalue weighted by atomic mass is 32.1. The summed E-state index contributed by atoms with van der Waals surface area (Å²) in [6.07, 6.45) is 1.38. The summed E-state index contributed by atoms with van der Waals surface area (Å²) in [6.45, 7) is 0. The molecule has 2 aromatic rings. The Hall–Kier alpha value is -1.88. The van der Waals surface area contributed by atoms with Crippen molar-refractivity contribution in [1.82, 2.24) is 4.98 Å². The molecular weight excluding hydrogens is 246 g/mol. The molecular formula is C13H13N3OS. The second kappa shape index (κ2) is 4.10. The summed E-state index contributed by atoms with van der Waals surface area (Å²) in [4.78, 5) is 17.6. The van der Waals surface area contributed by atoms with Gasteiger partial charge < -0.3 is 10.6 Å². The maximum absolute atomic E-state index is 11.6. The van der Waals surface area contributed by atoms with E-state index in [1.807, 2.05) is 24.6 Å². The fraction of sp³-hybridized carbons (Fsp3) is 0.231. The zero-order valence-electron chi connectivity index (χ0n) is 10.0. The van der Waals surface area contributed by atoms with Crippen LogP contribution >= 0.6 is 11.3 Å². The molecule has 0 atom stereocenters. The maximum atomic E-state index is 11.6. The SMILES string of the molecule is CN1C(=O)CCc2cc(-c3nc(N)cs3)ccc21. The van der Waals surface area contributed by atoms with Gasteiger partial charge in [-0.15, -0.1) is 11.3 Å². The van der Waals surface area contributed by atoms with Crippen LogP contribution in [0.3, 0.4) is 0 Å². The van der Waals surface area contributed by atoms with Crippen molar-refractivity contribution in [3.8, 4) is 10.6 Å². The lowest BCUT2D eigenvalue weighted by atomic mass is 9.99. The molecule has 1 aromatic carbocycles.